The fourth-order valence-corrected chi connectivity index (χ4v) is 1.69. The summed E-state index contributed by atoms with van der Waals surface area (Å²) in [7, 11) is 1.76. The molecule has 1 aromatic carbocycles. The zero-order valence-electron chi connectivity index (χ0n) is 9.78. The summed E-state index contributed by atoms with van der Waals surface area (Å²) in [4.78, 5) is 12.3. The molecule has 0 radical (unpaired) electrons. The molecule has 0 spiro atoms. The van der Waals surface area contributed by atoms with Gasteiger partial charge in [-0.25, -0.2) is 4.39 Å². The summed E-state index contributed by atoms with van der Waals surface area (Å²) < 4.78 is 13.5. The molecule has 0 aliphatic carbocycles. The molecule has 3 nitrogen and oxygen atoms in total. The molecule has 0 heterocycles. The van der Waals surface area contributed by atoms with Crippen molar-refractivity contribution in [2.24, 2.45) is 0 Å². The lowest BCUT2D eigenvalue weighted by Gasteiger charge is -2.23. The maximum absolute atomic E-state index is 13.5. The van der Waals surface area contributed by atoms with Crippen molar-refractivity contribution in [2.45, 2.75) is 25.9 Å². The molecule has 17 heavy (non-hydrogen) atoms. The number of nitrogens with zero attached hydrogens (tertiary/aromatic N) is 1. The molecule has 0 bridgehead atoms. The Labute approximate surface area is 105 Å². The number of carboxylic acids is 1. The second-order valence-corrected chi connectivity index (χ2v) is 4.53. The lowest BCUT2D eigenvalue weighted by Crippen LogP contribution is -2.30. The zero-order chi connectivity index (χ0) is 13.0. The summed E-state index contributed by atoms with van der Waals surface area (Å²) >= 11 is 5.78. The van der Waals surface area contributed by atoms with Gasteiger partial charge >= 0.3 is 5.97 Å². The highest BCUT2D eigenvalue weighted by molar-refractivity contribution is 6.30. The Balaban J connectivity index is 2.70. The van der Waals surface area contributed by atoms with Gasteiger partial charge in [-0.2, -0.15) is 0 Å². The summed E-state index contributed by atoms with van der Waals surface area (Å²) in [6.07, 6.45) is 0.0265. The summed E-state index contributed by atoms with van der Waals surface area (Å²) in [5.41, 5.74) is 0.470. The van der Waals surface area contributed by atoms with Gasteiger partial charge < -0.3 is 5.11 Å². The van der Waals surface area contributed by atoms with E-state index < -0.39 is 5.97 Å². The topological polar surface area (TPSA) is 40.5 Å². The average molecular weight is 260 g/mol. The van der Waals surface area contributed by atoms with E-state index in [0.29, 0.717) is 17.1 Å². The summed E-state index contributed by atoms with van der Waals surface area (Å²) in [5, 5.41) is 9.15. The van der Waals surface area contributed by atoms with Crippen LogP contribution in [0.25, 0.3) is 0 Å². The molecule has 1 N–H and O–H groups in total. The normalized spacial score (nSPS) is 12.8. The Kier molecular flexibility index (Phi) is 4.90. The first kappa shape index (κ1) is 13.9. The number of aliphatic carboxylic acids is 1. The van der Waals surface area contributed by atoms with Gasteiger partial charge in [0.05, 0.1) is 6.42 Å². The van der Waals surface area contributed by atoms with Gasteiger partial charge in [-0.15, -0.1) is 0 Å². The van der Waals surface area contributed by atoms with Crippen molar-refractivity contribution < 1.29 is 14.3 Å². The molecule has 0 aromatic heterocycles. The van der Waals surface area contributed by atoms with Gasteiger partial charge in [0.15, 0.2) is 0 Å². The quantitative estimate of drug-likeness (QED) is 0.884. The van der Waals surface area contributed by atoms with E-state index in [9.17, 15) is 9.18 Å². The van der Waals surface area contributed by atoms with Crippen LogP contribution in [0.2, 0.25) is 5.02 Å². The highest BCUT2D eigenvalue weighted by atomic mass is 35.5. The van der Waals surface area contributed by atoms with Crippen molar-refractivity contribution in [3.8, 4) is 0 Å². The third-order valence-electron chi connectivity index (χ3n) is 2.65. The van der Waals surface area contributed by atoms with E-state index in [2.05, 4.69) is 0 Å². The van der Waals surface area contributed by atoms with Crippen LogP contribution in [0.1, 0.15) is 18.9 Å². The van der Waals surface area contributed by atoms with Crippen molar-refractivity contribution in [2.75, 3.05) is 7.05 Å². The fourth-order valence-electron chi connectivity index (χ4n) is 1.50. The summed E-state index contributed by atoms with van der Waals surface area (Å²) in [6, 6.07) is 4.20. The van der Waals surface area contributed by atoms with E-state index in [1.54, 1.807) is 24.9 Å². The molecule has 1 aromatic rings. The van der Waals surface area contributed by atoms with E-state index in [0.717, 1.165) is 0 Å². The van der Waals surface area contributed by atoms with Crippen LogP contribution in [0.3, 0.4) is 0 Å². The number of carboxylic acid groups (broad SMARTS) is 1. The number of benzene rings is 1. The Hall–Kier alpha value is -1.13. The van der Waals surface area contributed by atoms with Crippen LogP contribution in [0.5, 0.6) is 0 Å². The van der Waals surface area contributed by atoms with E-state index in [1.165, 1.54) is 12.1 Å². The van der Waals surface area contributed by atoms with E-state index in [-0.39, 0.29) is 18.3 Å². The standard InChI is InChI=1S/C12H15ClFNO2/c1-8(5-12(16)17)15(2)7-9-6-10(13)3-4-11(9)14/h3-4,6,8H,5,7H2,1-2H3,(H,16,17). The molecular weight excluding hydrogens is 245 g/mol. The SMILES string of the molecule is CC(CC(=O)O)N(C)Cc1cc(Cl)ccc1F. The van der Waals surface area contributed by atoms with Crippen LogP contribution < -0.4 is 0 Å². The molecular formula is C12H15ClFNO2. The van der Waals surface area contributed by atoms with E-state index in [4.69, 9.17) is 16.7 Å². The van der Waals surface area contributed by atoms with Crippen molar-refractivity contribution in [1.29, 1.82) is 0 Å². The number of hydrogen-bond donors (Lipinski definition) is 1. The van der Waals surface area contributed by atoms with Crippen molar-refractivity contribution in [3.05, 3.63) is 34.6 Å². The van der Waals surface area contributed by atoms with Gasteiger partial charge in [-0.1, -0.05) is 11.6 Å². The molecule has 94 valence electrons. The van der Waals surface area contributed by atoms with Gasteiger partial charge in [0, 0.05) is 23.2 Å². The van der Waals surface area contributed by atoms with Crippen LogP contribution >= 0.6 is 11.6 Å². The second kappa shape index (κ2) is 5.98. The first-order valence-corrected chi connectivity index (χ1v) is 5.64. The summed E-state index contributed by atoms with van der Waals surface area (Å²) in [6.45, 7) is 2.12. The smallest absolute Gasteiger partial charge is 0.304 e. The Bertz CT molecular complexity index is 411. The third-order valence-corrected chi connectivity index (χ3v) is 2.89. The Morgan fingerprint density at radius 2 is 2.24 bits per heavy atom. The van der Waals surface area contributed by atoms with Gasteiger partial charge in [-0.3, -0.25) is 9.69 Å². The minimum absolute atomic E-state index is 0.0265. The minimum atomic E-state index is -0.865. The van der Waals surface area contributed by atoms with Crippen molar-refractivity contribution >= 4 is 17.6 Å². The highest BCUT2D eigenvalue weighted by Gasteiger charge is 2.15. The van der Waals surface area contributed by atoms with Gasteiger partial charge in [0.1, 0.15) is 5.82 Å². The number of rotatable bonds is 5. The third kappa shape index (κ3) is 4.32. The van der Waals surface area contributed by atoms with Crippen LogP contribution in [0, 0.1) is 5.82 Å². The van der Waals surface area contributed by atoms with Gasteiger partial charge in [-0.05, 0) is 32.2 Å². The monoisotopic (exact) mass is 259 g/mol. The first-order valence-electron chi connectivity index (χ1n) is 5.26. The Morgan fingerprint density at radius 1 is 1.59 bits per heavy atom. The molecule has 0 aliphatic heterocycles. The number of hydrogen-bond acceptors (Lipinski definition) is 2. The first-order chi connectivity index (χ1) is 7.90. The maximum Gasteiger partial charge on any atom is 0.304 e. The average Bonchev–Trinajstić information content (AvgIpc) is 2.22. The molecule has 5 heteroatoms. The molecule has 0 saturated carbocycles. The lowest BCUT2D eigenvalue weighted by atomic mass is 10.1. The van der Waals surface area contributed by atoms with Crippen molar-refractivity contribution in [1.82, 2.24) is 4.90 Å². The summed E-state index contributed by atoms with van der Waals surface area (Å²) in [5.74, 6) is -1.19. The predicted molar refractivity (Wildman–Crippen MR) is 64.6 cm³/mol. The minimum Gasteiger partial charge on any atom is -0.481 e. The molecule has 1 atom stereocenters. The molecule has 1 rings (SSSR count). The molecule has 1 unspecified atom stereocenters. The molecule has 0 fully saturated rings. The number of halogens is 2. The van der Waals surface area contributed by atoms with Crippen LogP contribution in [0.4, 0.5) is 4.39 Å². The zero-order valence-corrected chi connectivity index (χ0v) is 10.5. The predicted octanol–water partition coefficient (Wildman–Crippen LogP) is 2.77. The van der Waals surface area contributed by atoms with Gasteiger partial charge in [0.2, 0.25) is 0 Å². The lowest BCUT2D eigenvalue weighted by molar-refractivity contribution is -0.138. The van der Waals surface area contributed by atoms with Crippen LogP contribution in [0.15, 0.2) is 18.2 Å². The highest BCUT2D eigenvalue weighted by Crippen LogP contribution is 2.17. The van der Waals surface area contributed by atoms with Crippen LogP contribution in [-0.2, 0) is 11.3 Å². The molecule has 0 saturated heterocycles. The largest absolute Gasteiger partial charge is 0.481 e. The van der Waals surface area contributed by atoms with Gasteiger partial charge in [0.25, 0.3) is 0 Å². The number of carbonyl (C=O) groups is 1. The fraction of sp³-hybridized carbons (Fsp3) is 0.417. The Morgan fingerprint density at radius 3 is 2.82 bits per heavy atom. The van der Waals surface area contributed by atoms with Crippen LogP contribution in [-0.4, -0.2) is 29.1 Å². The van der Waals surface area contributed by atoms with E-state index >= 15 is 0 Å². The molecule has 0 amide bonds. The van der Waals surface area contributed by atoms with E-state index in [1.807, 2.05) is 0 Å². The molecule has 0 aliphatic rings. The maximum atomic E-state index is 13.5. The second-order valence-electron chi connectivity index (χ2n) is 4.10. The van der Waals surface area contributed by atoms with Crippen molar-refractivity contribution in [3.63, 3.8) is 0 Å².